The van der Waals surface area contributed by atoms with Crippen LogP contribution in [-0.2, 0) is 14.8 Å². The van der Waals surface area contributed by atoms with Crippen molar-refractivity contribution >= 4 is 21.8 Å². The highest BCUT2D eigenvalue weighted by molar-refractivity contribution is 7.89. The van der Waals surface area contributed by atoms with E-state index in [1.807, 2.05) is 4.72 Å². The van der Waals surface area contributed by atoms with E-state index in [0.717, 1.165) is 0 Å². The molecule has 1 atom stereocenters. The molecule has 0 aromatic heterocycles. The summed E-state index contributed by atoms with van der Waals surface area (Å²) in [5, 5.41) is 8.65. The zero-order valence-corrected chi connectivity index (χ0v) is 10.7. The van der Waals surface area contributed by atoms with Gasteiger partial charge in [0.25, 0.3) is 0 Å². The summed E-state index contributed by atoms with van der Waals surface area (Å²) in [7, 11) is -3.94. The van der Waals surface area contributed by atoms with E-state index < -0.39 is 22.0 Å². The molecule has 1 unspecified atom stereocenters. The Morgan fingerprint density at radius 3 is 2.44 bits per heavy atom. The number of ketones is 1. The predicted octanol–water partition coefficient (Wildman–Crippen LogP) is 0.641. The van der Waals surface area contributed by atoms with Crippen LogP contribution in [0.15, 0.2) is 29.2 Å². The second-order valence-corrected chi connectivity index (χ2v) is 5.48. The number of hydrogen-bond acceptors (Lipinski definition) is 4. The molecule has 2 N–H and O–H groups in total. The second kappa shape index (κ2) is 5.28. The van der Waals surface area contributed by atoms with Gasteiger partial charge in [0.2, 0.25) is 10.0 Å². The highest BCUT2D eigenvalue weighted by Gasteiger charge is 2.21. The Morgan fingerprint density at radius 1 is 1.33 bits per heavy atom. The molecule has 1 aromatic rings. The lowest BCUT2D eigenvalue weighted by molar-refractivity contribution is -0.138. The van der Waals surface area contributed by atoms with Crippen molar-refractivity contribution in [2.24, 2.45) is 0 Å². The van der Waals surface area contributed by atoms with Crippen molar-refractivity contribution < 1.29 is 23.1 Å². The van der Waals surface area contributed by atoms with Crippen molar-refractivity contribution in [1.82, 2.24) is 4.72 Å². The maximum Gasteiger partial charge on any atom is 0.321 e. The molecular weight excluding hydrogens is 258 g/mol. The number of carboxylic acid groups (broad SMARTS) is 1. The smallest absolute Gasteiger partial charge is 0.321 e. The number of aliphatic carboxylic acids is 1. The largest absolute Gasteiger partial charge is 0.480 e. The maximum absolute atomic E-state index is 11.8. The van der Waals surface area contributed by atoms with Gasteiger partial charge in [-0.2, -0.15) is 4.72 Å². The van der Waals surface area contributed by atoms with Crippen LogP contribution >= 0.6 is 0 Å². The zero-order valence-electron chi connectivity index (χ0n) is 9.88. The average molecular weight is 271 g/mol. The molecule has 98 valence electrons. The third-order valence-electron chi connectivity index (χ3n) is 2.25. The molecule has 18 heavy (non-hydrogen) atoms. The first-order valence-electron chi connectivity index (χ1n) is 5.10. The Hall–Kier alpha value is -1.73. The molecule has 0 amide bonds. The monoisotopic (exact) mass is 271 g/mol. The molecule has 7 heteroatoms. The van der Waals surface area contributed by atoms with Gasteiger partial charge in [-0.15, -0.1) is 0 Å². The first-order chi connectivity index (χ1) is 8.24. The van der Waals surface area contributed by atoms with Gasteiger partial charge in [-0.05, 0) is 26.0 Å². The van der Waals surface area contributed by atoms with Crippen LogP contribution in [0.5, 0.6) is 0 Å². The summed E-state index contributed by atoms with van der Waals surface area (Å²) in [6.07, 6.45) is 0. The molecule has 0 aliphatic heterocycles. The van der Waals surface area contributed by atoms with Gasteiger partial charge in [0, 0.05) is 5.56 Å². The molecule has 0 fully saturated rings. The van der Waals surface area contributed by atoms with E-state index in [1.54, 1.807) is 0 Å². The van der Waals surface area contributed by atoms with E-state index in [0.29, 0.717) is 0 Å². The Kier molecular flexibility index (Phi) is 4.20. The number of rotatable bonds is 5. The minimum Gasteiger partial charge on any atom is -0.480 e. The van der Waals surface area contributed by atoms with Gasteiger partial charge in [-0.25, -0.2) is 8.42 Å². The van der Waals surface area contributed by atoms with Crippen LogP contribution in [-0.4, -0.2) is 31.3 Å². The normalized spacial score (nSPS) is 13.0. The molecule has 0 saturated carbocycles. The molecule has 0 radical (unpaired) electrons. The summed E-state index contributed by atoms with van der Waals surface area (Å²) in [6, 6.07) is 4.18. The third-order valence-corrected chi connectivity index (χ3v) is 3.79. The lowest BCUT2D eigenvalue weighted by Crippen LogP contribution is -2.38. The van der Waals surface area contributed by atoms with Gasteiger partial charge in [-0.1, -0.05) is 12.1 Å². The van der Waals surface area contributed by atoms with Crippen molar-refractivity contribution in [2.45, 2.75) is 24.8 Å². The third kappa shape index (κ3) is 3.38. The van der Waals surface area contributed by atoms with E-state index in [-0.39, 0.29) is 16.2 Å². The van der Waals surface area contributed by atoms with Gasteiger partial charge in [0.15, 0.2) is 5.78 Å². The molecule has 0 spiro atoms. The maximum atomic E-state index is 11.8. The minimum atomic E-state index is -3.94. The molecule has 6 nitrogen and oxygen atoms in total. The molecule has 0 heterocycles. The van der Waals surface area contributed by atoms with Crippen molar-refractivity contribution in [3.63, 3.8) is 0 Å². The van der Waals surface area contributed by atoms with E-state index in [9.17, 15) is 18.0 Å². The van der Waals surface area contributed by atoms with Crippen molar-refractivity contribution in [3.8, 4) is 0 Å². The lowest BCUT2D eigenvalue weighted by atomic mass is 10.2. The number of hydrogen-bond donors (Lipinski definition) is 2. The molecule has 0 aliphatic rings. The summed E-state index contributed by atoms with van der Waals surface area (Å²) in [5.41, 5.74) is 0.251. The molecule has 0 aliphatic carbocycles. The van der Waals surface area contributed by atoms with Crippen LogP contribution in [0.2, 0.25) is 0 Å². The number of benzene rings is 1. The van der Waals surface area contributed by atoms with Crippen LogP contribution in [0, 0.1) is 0 Å². The highest BCUT2D eigenvalue weighted by Crippen LogP contribution is 2.12. The van der Waals surface area contributed by atoms with E-state index in [4.69, 9.17) is 5.11 Å². The fraction of sp³-hybridized carbons (Fsp3) is 0.273. The minimum absolute atomic E-state index is 0.136. The topological polar surface area (TPSA) is 101 Å². The molecule has 0 saturated heterocycles. The molecule has 0 bridgehead atoms. The average Bonchev–Trinajstić information content (AvgIpc) is 2.28. The first-order valence-corrected chi connectivity index (χ1v) is 6.58. The van der Waals surface area contributed by atoms with Crippen LogP contribution in [0.25, 0.3) is 0 Å². The number of carbonyl (C=O) groups excluding carboxylic acids is 1. The number of nitrogens with one attached hydrogen (secondary N) is 1. The number of sulfonamides is 1. The first kappa shape index (κ1) is 14.3. The van der Waals surface area contributed by atoms with E-state index in [1.165, 1.54) is 38.1 Å². The number of carboxylic acids is 1. The summed E-state index contributed by atoms with van der Waals surface area (Å²) >= 11 is 0. The Labute approximate surface area is 105 Å². The fourth-order valence-corrected chi connectivity index (χ4v) is 2.48. The summed E-state index contributed by atoms with van der Waals surface area (Å²) < 4.78 is 25.7. The van der Waals surface area contributed by atoms with Crippen molar-refractivity contribution in [1.29, 1.82) is 0 Å². The van der Waals surface area contributed by atoms with Gasteiger partial charge < -0.3 is 5.11 Å². The summed E-state index contributed by atoms with van der Waals surface area (Å²) in [5.74, 6) is -1.54. The van der Waals surface area contributed by atoms with Gasteiger partial charge in [0.05, 0.1) is 4.90 Å². The second-order valence-electron chi connectivity index (χ2n) is 3.77. The SMILES string of the molecule is CC(=O)c1cccc(S(=O)(=O)NC(C)C(=O)O)c1. The Morgan fingerprint density at radius 2 is 1.94 bits per heavy atom. The van der Waals surface area contributed by atoms with Crippen LogP contribution < -0.4 is 4.72 Å². The van der Waals surface area contributed by atoms with Crippen LogP contribution in [0.1, 0.15) is 24.2 Å². The number of Topliss-reactive ketones (excluding diaryl/α,β-unsaturated/α-hetero) is 1. The predicted molar refractivity (Wildman–Crippen MR) is 63.9 cm³/mol. The van der Waals surface area contributed by atoms with Crippen molar-refractivity contribution in [3.05, 3.63) is 29.8 Å². The summed E-state index contributed by atoms with van der Waals surface area (Å²) in [6.45, 7) is 2.54. The standard InChI is InChI=1S/C11H13NO5S/c1-7(11(14)15)12-18(16,17)10-5-3-4-9(6-10)8(2)13/h3-7,12H,1-2H3,(H,14,15). The highest BCUT2D eigenvalue weighted by atomic mass is 32.2. The fourth-order valence-electron chi connectivity index (χ4n) is 1.23. The molecule has 1 aromatic carbocycles. The van der Waals surface area contributed by atoms with Gasteiger partial charge >= 0.3 is 5.97 Å². The quantitative estimate of drug-likeness (QED) is 0.765. The zero-order chi connectivity index (χ0) is 13.9. The van der Waals surface area contributed by atoms with Crippen molar-refractivity contribution in [2.75, 3.05) is 0 Å². The molecule has 1 rings (SSSR count). The summed E-state index contributed by atoms with van der Waals surface area (Å²) in [4.78, 5) is 21.6. The van der Waals surface area contributed by atoms with Crippen LogP contribution in [0.4, 0.5) is 0 Å². The van der Waals surface area contributed by atoms with Gasteiger partial charge in [0.1, 0.15) is 6.04 Å². The van der Waals surface area contributed by atoms with E-state index >= 15 is 0 Å². The number of carbonyl (C=O) groups is 2. The lowest BCUT2D eigenvalue weighted by Gasteiger charge is -2.10. The van der Waals surface area contributed by atoms with E-state index in [2.05, 4.69) is 0 Å². The van der Waals surface area contributed by atoms with Crippen LogP contribution in [0.3, 0.4) is 0 Å². The Balaban J connectivity index is 3.09. The molecular formula is C11H13NO5S. The Bertz CT molecular complexity index is 579. The van der Waals surface area contributed by atoms with Gasteiger partial charge in [-0.3, -0.25) is 9.59 Å².